The van der Waals surface area contributed by atoms with Gasteiger partial charge in [-0.2, -0.15) is 13.2 Å². The van der Waals surface area contributed by atoms with Crippen LogP contribution in [-0.4, -0.2) is 37.1 Å². The SMILES string of the molecule is FC(F)(F)c1cnc(N2CCCC3(C2)OCCO3)c(Cl)c1. The average Bonchev–Trinajstić information content (AvgIpc) is 2.85. The van der Waals surface area contributed by atoms with Crippen molar-refractivity contribution in [2.24, 2.45) is 0 Å². The van der Waals surface area contributed by atoms with E-state index >= 15 is 0 Å². The summed E-state index contributed by atoms with van der Waals surface area (Å²) in [6, 6.07) is 0.904. The largest absolute Gasteiger partial charge is 0.417 e. The van der Waals surface area contributed by atoms with Crippen LogP contribution in [0.1, 0.15) is 18.4 Å². The number of piperidine rings is 1. The number of rotatable bonds is 1. The fourth-order valence-electron chi connectivity index (χ4n) is 2.72. The molecule has 3 heterocycles. The Morgan fingerprint density at radius 1 is 1.29 bits per heavy atom. The fraction of sp³-hybridized carbons (Fsp3) is 0.615. The summed E-state index contributed by atoms with van der Waals surface area (Å²) in [6.07, 6.45) is -2.07. The van der Waals surface area contributed by atoms with Crippen molar-refractivity contribution in [3.63, 3.8) is 0 Å². The standard InChI is InChI=1S/C13H14ClF3N2O2/c14-10-6-9(13(15,16)17)7-18-11(10)19-3-1-2-12(8-19)20-4-5-21-12/h6-7H,1-5,8H2. The number of hydrogen-bond acceptors (Lipinski definition) is 4. The second-order valence-corrected chi connectivity index (χ2v) is 5.57. The summed E-state index contributed by atoms with van der Waals surface area (Å²) in [5, 5.41) is -0.0140. The zero-order chi connectivity index (χ0) is 15.1. The molecule has 4 nitrogen and oxygen atoms in total. The minimum absolute atomic E-state index is 0.0140. The first kappa shape index (κ1) is 14.9. The molecule has 1 aromatic heterocycles. The van der Waals surface area contributed by atoms with Crippen molar-refractivity contribution in [3.05, 3.63) is 22.8 Å². The van der Waals surface area contributed by atoms with E-state index in [-0.39, 0.29) is 5.02 Å². The number of aromatic nitrogens is 1. The number of anilines is 1. The third-order valence-electron chi connectivity index (χ3n) is 3.68. The van der Waals surface area contributed by atoms with Gasteiger partial charge in [0.15, 0.2) is 5.79 Å². The van der Waals surface area contributed by atoms with Crippen LogP contribution >= 0.6 is 11.6 Å². The molecule has 0 atom stereocenters. The summed E-state index contributed by atoms with van der Waals surface area (Å²) in [5.41, 5.74) is -0.851. The van der Waals surface area contributed by atoms with Gasteiger partial charge in [0.2, 0.25) is 0 Å². The number of halogens is 4. The van der Waals surface area contributed by atoms with E-state index in [2.05, 4.69) is 4.98 Å². The van der Waals surface area contributed by atoms with Gasteiger partial charge in [0, 0.05) is 19.2 Å². The molecule has 21 heavy (non-hydrogen) atoms. The Kier molecular flexibility index (Phi) is 3.75. The minimum Gasteiger partial charge on any atom is -0.350 e. The lowest BCUT2D eigenvalue weighted by Crippen LogP contribution is -2.49. The van der Waals surface area contributed by atoms with E-state index in [0.717, 1.165) is 25.1 Å². The maximum Gasteiger partial charge on any atom is 0.417 e. The van der Waals surface area contributed by atoms with Crippen molar-refractivity contribution in [2.75, 3.05) is 31.2 Å². The molecule has 1 aromatic rings. The average molecular weight is 323 g/mol. The zero-order valence-corrected chi connectivity index (χ0v) is 11.9. The van der Waals surface area contributed by atoms with Gasteiger partial charge in [0.25, 0.3) is 0 Å². The number of pyridine rings is 1. The van der Waals surface area contributed by atoms with Crippen molar-refractivity contribution in [3.8, 4) is 0 Å². The molecular formula is C13H14ClF3N2O2. The monoisotopic (exact) mass is 322 g/mol. The molecule has 0 aliphatic carbocycles. The third kappa shape index (κ3) is 2.95. The van der Waals surface area contributed by atoms with Crippen molar-refractivity contribution >= 4 is 17.4 Å². The van der Waals surface area contributed by atoms with Crippen LogP contribution < -0.4 is 4.90 Å². The second-order valence-electron chi connectivity index (χ2n) is 5.16. The first-order chi connectivity index (χ1) is 9.90. The van der Waals surface area contributed by atoms with E-state index in [1.165, 1.54) is 0 Å². The molecule has 0 bridgehead atoms. The number of ether oxygens (including phenoxy) is 2. The van der Waals surface area contributed by atoms with E-state index in [4.69, 9.17) is 21.1 Å². The van der Waals surface area contributed by atoms with Gasteiger partial charge in [-0.1, -0.05) is 11.6 Å². The topological polar surface area (TPSA) is 34.6 Å². The highest BCUT2D eigenvalue weighted by molar-refractivity contribution is 6.33. The Balaban J connectivity index is 1.83. The van der Waals surface area contributed by atoms with E-state index in [1.54, 1.807) is 0 Å². The maximum absolute atomic E-state index is 12.6. The Morgan fingerprint density at radius 3 is 2.62 bits per heavy atom. The molecule has 0 N–H and O–H groups in total. The van der Waals surface area contributed by atoms with Gasteiger partial charge in [0.05, 0.1) is 30.3 Å². The highest BCUT2D eigenvalue weighted by Crippen LogP contribution is 2.37. The van der Waals surface area contributed by atoms with Gasteiger partial charge in [-0.15, -0.1) is 0 Å². The smallest absolute Gasteiger partial charge is 0.350 e. The molecule has 0 unspecified atom stereocenters. The summed E-state index contributed by atoms with van der Waals surface area (Å²) in [6.45, 7) is 2.14. The van der Waals surface area contributed by atoms with Crippen LogP contribution in [0.5, 0.6) is 0 Å². The van der Waals surface area contributed by atoms with Crippen molar-refractivity contribution in [1.82, 2.24) is 4.98 Å². The Bertz CT molecular complexity index is 533. The predicted octanol–water partition coefficient (Wildman–Crippen LogP) is 3.10. The molecule has 1 spiro atoms. The molecule has 2 aliphatic heterocycles. The molecular weight excluding hydrogens is 309 g/mol. The fourth-order valence-corrected chi connectivity index (χ4v) is 3.01. The van der Waals surface area contributed by atoms with Crippen LogP contribution in [-0.2, 0) is 15.7 Å². The van der Waals surface area contributed by atoms with Gasteiger partial charge in [0.1, 0.15) is 5.82 Å². The number of nitrogens with zero attached hydrogens (tertiary/aromatic N) is 2. The van der Waals surface area contributed by atoms with Crippen LogP contribution in [0.3, 0.4) is 0 Å². The summed E-state index contributed by atoms with van der Waals surface area (Å²) in [5.74, 6) is -0.339. The van der Waals surface area contributed by atoms with Gasteiger partial charge in [-0.3, -0.25) is 0 Å². The Morgan fingerprint density at radius 2 is 2.00 bits per heavy atom. The van der Waals surface area contributed by atoms with Crippen LogP contribution in [0.2, 0.25) is 5.02 Å². The first-order valence-electron chi connectivity index (χ1n) is 6.65. The molecule has 2 saturated heterocycles. The van der Waals surface area contributed by atoms with E-state index in [9.17, 15) is 13.2 Å². The van der Waals surface area contributed by atoms with Gasteiger partial charge in [-0.25, -0.2) is 4.98 Å². The summed E-state index contributed by atoms with van der Waals surface area (Å²) < 4.78 is 49.2. The number of hydrogen-bond donors (Lipinski definition) is 0. The molecule has 0 aromatic carbocycles. The molecule has 2 aliphatic rings. The highest BCUT2D eigenvalue weighted by Gasteiger charge is 2.41. The molecule has 0 saturated carbocycles. The van der Waals surface area contributed by atoms with Crippen molar-refractivity contribution in [1.29, 1.82) is 0 Å². The van der Waals surface area contributed by atoms with Gasteiger partial charge < -0.3 is 14.4 Å². The van der Waals surface area contributed by atoms with E-state index < -0.39 is 17.5 Å². The van der Waals surface area contributed by atoms with Crippen LogP contribution in [0.25, 0.3) is 0 Å². The lowest BCUT2D eigenvalue weighted by molar-refractivity contribution is -0.161. The number of alkyl halides is 3. The molecule has 0 radical (unpaired) electrons. The quantitative estimate of drug-likeness (QED) is 0.796. The predicted molar refractivity (Wildman–Crippen MR) is 70.3 cm³/mol. The lowest BCUT2D eigenvalue weighted by atomic mass is 10.0. The normalized spacial score (nSPS) is 22.0. The minimum atomic E-state index is -4.45. The van der Waals surface area contributed by atoms with E-state index in [1.807, 2.05) is 4.90 Å². The Labute approximate surface area is 124 Å². The second kappa shape index (κ2) is 5.30. The van der Waals surface area contributed by atoms with Gasteiger partial charge >= 0.3 is 6.18 Å². The zero-order valence-electron chi connectivity index (χ0n) is 11.1. The van der Waals surface area contributed by atoms with Crippen LogP contribution in [0.4, 0.5) is 19.0 Å². The van der Waals surface area contributed by atoms with Crippen LogP contribution in [0, 0.1) is 0 Å². The van der Waals surface area contributed by atoms with Crippen molar-refractivity contribution in [2.45, 2.75) is 24.8 Å². The lowest BCUT2D eigenvalue weighted by Gasteiger charge is -2.39. The molecule has 116 valence electrons. The summed E-state index contributed by atoms with van der Waals surface area (Å²) in [4.78, 5) is 5.70. The molecule has 2 fully saturated rings. The van der Waals surface area contributed by atoms with Crippen molar-refractivity contribution < 1.29 is 22.6 Å². The Hall–Kier alpha value is -1.05. The molecule has 3 rings (SSSR count). The first-order valence-corrected chi connectivity index (χ1v) is 7.03. The summed E-state index contributed by atoms with van der Waals surface area (Å²) in [7, 11) is 0. The molecule has 0 amide bonds. The van der Waals surface area contributed by atoms with Crippen LogP contribution in [0.15, 0.2) is 12.3 Å². The summed E-state index contributed by atoms with van der Waals surface area (Å²) >= 11 is 5.98. The highest BCUT2D eigenvalue weighted by atomic mass is 35.5. The van der Waals surface area contributed by atoms with Gasteiger partial charge in [-0.05, 0) is 12.5 Å². The third-order valence-corrected chi connectivity index (χ3v) is 3.96. The molecule has 8 heteroatoms. The van der Waals surface area contributed by atoms with E-state index in [0.29, 0.717) is 32.1 Å². The maximum atomic E-state index is 12.6.